The van der Waals surface area contributed by atoms with Crippen LogP contribution in [0.2, 0.25) is 30.1 Å². The number of nitrogens with one attached hydrogen (secondary N) is 3. The number of aromatic nitrogens is 8. The number of anilines is 3. The first-order chi connectivity index (χ1) is 41.0. The molecule has 426 valence electrons. The number of halogens is 10. The summed E-state index contributed by atoms with van der Waals surface area (Å²) in [6.07, 6.45) is 8.21. The summed E-state index contributed by atoms with van der Waals surface area (Å²) in [7, 11) is 0. The third-order valence-electron chi connectivity index (χ3n) is 12.9. The molecule has 0 spiro atoms. The van der Waals surface area contributed by atoms with Crippen molar-refractivity contribution in [2.75, 3.05) is 16.0 Å². The molecule has 0 bridgehead atoms. The average molecular weight is 1260 g/mol. The highest BCUT2D eigenvalue weighted by atomic mass is 35.5. The third-order valence-corrected chi connectivity index (χ3v) is 14.7. The maximum absolute atomic E-state index is 13.9. The van der Waals surface area contributed by atoms with E-state index in [0.717, 1.165) is 57.9 Å². The number of pyridine rings is 3. The molecular formula is C61H39Cl6F4N11O3. The van der Waals surface area contributed by atoms with Gasteiger partial charge in [-0.05, 0) is 89.5 Å². The Morgan fingerprint density at radius 1 is 0.435 bits per heavy atom. The zero-order valence-corrected chi connectivity index (χ0v) is 48.1. The predicted molar refractivity (Wildman–Crippen MR) is 324 cm³/mol. The van der Waals surface area contributed by atoms with Gasteiger partial charge in [0.05, 0.1) is 65.8 Å². The minimum Gasteiger partial charge on any atom is -0.342 e. The fourth-order valence-electron chi connectivity index (χ4n) is 8.89. The Morgan fingerprint density at radius 2 is 0.882 bits per heavy atom. The molecule has 0 radical (unpaired) electrons. The minimum absolute atomic E-state index is 0.0411. The van der Waals surface area contributed by atoms with Crippen LogP contribution >= 0.6 is 69.6 Å². The van der Waals surface area contributed by atoms with Gasteiger partial charge in [-0.3, -0.25) is 38.7 Å². The van der Waals surface area contributed by atoms with E-state index in [2.05, 4.69) is 41.1 Å². The highest BCUT2D eigenvalue weighted by molar-refractivity contribution is 6.36. The molecule has 12 aromatic rings. The zero-order chi connectivity index (χ0) is 59.9. The van der Waals surface area contributed by atoms with Crippen molar-refractivity contribution in [2.24, 2.45) is 0 Å². The second kappa shape index (κ2) is 26.4. The molecule has 6 aromatic carbocycles. The summed E-state index contributed by atoms with van der Waals surface area (Å²) in [6.45, 7) is 1.13. The maximum Gasteiger partial charge on any atom is 0.276 e. The SMILES string of the molecule is O=C(Nc1ccncc1F)c1cn(Cc2ccc(Cl)cc2Cl)c2ccccc12.O=C(Nc1ccncc1F)c1nn(Cc2ccc(Cl)cc2Cl)c2ccccc12.O=C(Nc1nn(Cc2ccc(Cl)cc2Cl)c2ccccc12)c1c(F)cncc1F. The van der Waals surface area contributed by atoms with Gasteiger partial charge in [-0.2, -0.15) is 10.2 Å². The van der Waals surface area contributed by atoms with Crippen LogP contribution in [0.1, 0.15) is 47.9 Å². The molecule has 0 fully saturated rings. The van der Waals surface area contributed by atoms with E-state index in [1.807, 2.05) is 71.3 Å². The Bertz CT molecular complexity index is 4320. The molecule has 6 aromatic heterocycles. The fourth-order valence-corrected chi connectivity index (χ4v) is 10.3. The van der Waals surface area contributed by atoms with Crippen LogP contribution in [-0.4, -0.2) is 56.8 Å². The highest BCUT2D eigenvalue weighted by Gasteiger charge is 2.23. The van der Waals surface area contributed by atoms with Gasteiger partial charge in [0.15, 0.2) is 34.8 Å². The number of hydrogen-bond acceptors (Lipinski definition) is 8. The summed E-state index contributed by atoms with van der Waals surface area (Å²) >= 11 is 36.7. The van der Waals surface area contributed by atoms with Gasteiger partial charge in [-0.15, -0.1) is 0 Å². The van der Waals surface area contributed by atoms with E-state index in [-0.39, 0.29) is 22.9 Å². The topological polar surface area (TPSA) is 167 Å². The standard InChI is InChI=1S/C21H14Cl2FN3O.C20H12Cl2F2N4O.C20H13Cl2FN4O/c22-14-6-5-13(17(23)9-14)11-27-12-16(15-3-1-2-4-20(15)27)21(28)26-19-7-8-25-10-18(19)24;21-12-6-5-11(14(22)7-12)10-28-17-4-2-1-3-13(17)19(27-28)26-20(29)18-15(23)8-25-9-16(18)24;21-13-6-5-12(15(22)9-13)11-27-18-4-2-1-3-14(18)19(26-27)20(28)25-17-7-8-24-10-16(17)23/h1-10,12H,11H2,(H,25,26,28);1-9H,10H2,(H,26,27,29);1-10H,11H2,(H,24,25,28). The largest absolute Gasteiger partial charge is 0.342 e. The lowest BCUT2D eigenvalue weighted by Crippen LogP contribution is -2.17. The van der Waals surface area contributed by atoms with Crippen LogP contribution in [0, 0.1) is 23.3 Å². The lowest BCUT2D eigenvalue weighted by molar-refractivity contribution is 0.101. The predicted octanol–water partition coefficient (Wildman–Crippen LogP) is 16.3. The molecule has 12 rings (SSSR count). The summed E-state index contributed by atoms with van der Waals surface area (Å²) in [4.78, 5) is 48.7. The van der Waals surface area contributed by atoms with Gasteiger partial charge in [0, 0.05) is 76.9 Å². The van der Waals surface area contributed by atoms with Gasteiger partial charge in [0.2, 0.25) is 0 Å². The fraction of sp³-hybridized carbons (Fsp3) is 0.0492. The molecule has 0 aliphatic heterocycles. The van der Waals surface area contributed by atoms with Crippen LogP contribution in [0.15, 0.2) is 183 Å². The van der Waals surface area contributed by atoms with Crippen molar-refractivity contribution in [2.45, 2.75) is 19.6 Å². The molecule has 24 heteroatoms. The molecule has 14 nitrogen and oxygen atoms in total. The van der Waals surface area contributed by atoms with E-state index in [0.29, 0.717) is 71.6 Å². The first kappa shape index (κ1) is 59.3. The van der Waals surface area contributed by atoms with Crippen molar-refractivity contribution in [3.8, 4) is 0 Å². The molecule has 0 saturated carbocycles. The lowest BCUT2D eigenvalue weighted by atomic mass is 10.1. The highest BCUT2D eigenvalue weighted by Crippen LogP contribution is 2.31. The monoisotopic (exact) mass is 1260 g/mol. The summed E-state index contributed by atoms with van der Waals surface area (Å²) in [5, 5.41) is 21.7. The van der Waals surface area contributed by atoms with Crippen molar-refractivity contribution in [3.05, 3.63) is 270 Å². The average Bonchev–Trinajstić information content (AvgIpc) is 3.82. The molecule has 6 heterocycles. The Balaban J connectivity index is 0.000000142. The van der Waals surface area contributed by atoms with Gasteiger partial charge in [-0.1, -0.05) is 136 Å². The first-order valence-corrected chi connectivity index (χ1v) is 27.5. The van der Waals surface area contributed by atoms with Crippen molar-refractivity contribution in [1.29, 1.82) is 0 Å². The van der Waals surface area contributed by atoms with E-state index in [1.54, 1.807) is 76.2 Å². The normalized spacial score (nSPS) is 11.0. The van der Waals surface area contributed by atoms with Crippen LogP contribution < -0.4 is 16.0 Å². The van der Waals surface area contributed by atoms with Crippen molar-refractivity contribution >= 4 is 137 Å². The van der Waals surface area contributed by atoms with Crippen LogP contribution in [0.5, 0.6) is 0 Å². The Hall–Kier alpha value is -8.88. The van der Waals surface area contributed by atoms with E-state index in [1.165, 1.54) is 24.5 Å². The maximum atomic E-state index is 13.9. The number of para-hydroxylation sites is 3. The number of hydrogen-bond donors (Lipinski definition) is 3. The lowest BCUT2D eigenvalue weighted by Gasteiger charge is -2.08. The Labute approximate surface area is 510 Å². The van der Waals surface area contributed by atoms with Crippen molar-refractivity contribution in [1.82, 2.24) is 39.1 Å². The summed E-state index contributed by atoms with van der Waals surface area (Å²) < 4.78 is 60.7. The third kappa shape index (κ3) is 13.7. The Kier molecular flexibility index (Phi) is 18.4. The number of fused-ring (bicyclic) bond motifs is 3. The number of benzene rings is 6. The second-order valence-electron chi connectivity index (χ2n) is 18.5. The summed E-state index contributed by atoms with van der Waals surface area (Å²) in [5.74, 6) is -5.02. The summed E-state index contributed by atoms with van der Waals surface area (Å²) in [5.41, 5.74) is 4.83. The second-order valence-corrected chi connectivity index (χ2v) is 21.0. The van der Waals surface area contributed by atoms with Crippen LogP contribution in [0.3, 0.4) is 0 Å². The number of carbonyl (C=O) groups excluding carboxylic acids is 3. The first-order valence-electron chi connectivity index (χ1n) is 25.2. The molecule has 0 aliphatic rings. The van der Waals surface area contributed by atoms with Crippen LogP contribution in [-0.2, 0) is 19.6 Å². The van der Waals surface area contributed by atoms with E-state index < -0.39 is 46.6 Å². The number of nitrogens with zero attached hydrogens (tertiary/aromatic N) is 8. The van der Waals surface area contributed by atoms with Gasteiger partial charge >= 0.3 is 0 Å². The quantitative estimate of drug-likeness (QED) is 0.102. The molecule has 0 aliphatic carbocycles. The van der Waals surface area contributed by atoms with Gasteiger partial charge < -0.3 is 20.5 Å². The van der Waals surface area contributed by atoms with Gasteiger partial charge in [0.1, 0.15) is 5.56 Å². The van der Waals surface area contributed by atoms with Crippen LogP contribution in [0.25, 0.3) is 32.7 Å². The molecular weight excluding hydrogens is 1220 g/mol. The number of rotatable bonds is 12. The van der Waals surface area contributed by atoms with Crippen molar-refractivity contribution < 1.29 is 31.9 Å². The Morgan fingerprint density at radius 3 is 1.41 bits per heavy atom. The minimum atomic E-state index is -1.06. The van der Waals surface area contributed by atoms with E-state index in [4.69, 9.17) is 69.6 Å². The molecule has 0 saturated heterocycles. The molecule has 0 unspecified atom stereocenters. The zero-order valence-electron chi connectivity index (χ0n) is 43.5. The van der Waals surface area contributed by atoms with Crippen LogP contribution in [0.4, 0.5) is 34.8 Å². The van der Waals surface area contributed by atoms with E-state index in [9.17, 15) is 31.9 Å². The van der Waals surface area contributed by atoms with Crippen molar-refractivity contribution in [3.63, 3.8) is 0 Å². The number of amides is 3. The molecule has 3 N–H and O–H groups in total. The van der Waals surface area contributed by atoms with Gasteiger partial charge in [0.25, 0.3) is 17.7 Å². The molecule has 3 amide bonds. The smallest absolute Gasteiger partial charge is 0.276 e. The number of carbonyl (C=O) groups is 3. The molecule has 85 heavy (non-hydrogen) atoms. The van der Waals surface area contributed by atoms with E-state index >= 15 is 0 Å². The molecule has 0 atom stereocenters. The summed E-state index contributed by atoms with van der Waals surface area (Å²) in [6, 6.07) is 40.4. The van der Waals surface area contributed by atoms with Gasteiger partial charge in [-0.25, -0.2) is 17.6 Å².